The Kier molecular flexibility index (Phi) is 2.88. The molecule has 0 saturated carbocycles. The topological polar surface area (TPSA) is 43.8 Å². The number of rotatable bonds is 2. The lowest BCUT2D eigenvalue weighted by Gasteiger charge is -2.16. The first-order chi connectivity index (χ1) is 6.35. The summed E-state index contributed by atoms with van der Waals surface area (Å²) in [4.78, 5) is 4.50. The van der Waals surface area contributed by atoms with Crippen LogP contribution in [0.25, 0.3) is 0 Å². The van der Waals surface area contributed by atoms with Gasteiger partial charge in [0.1, 0.15) is 11.6 Å². The highest BCUT2D eigenvalue weighted by molar-refractivity contribution is 5.38. The molecule has 80 valence electrons. The lowest BCUT2D eigenvalue weighted by molar-refractivity contribution is 0.407. The van der Waals surface area contributed by atoms with Crippen LogP contribution in [0.4, 0.5) is 5.82 Å². The predicted octanol–water partition coefficient (Wildman–Crippen LogP) is 2.38. The summed E-state index contributed by atoms with van der Waals surface area (Å²) >= 11 is 0. The van der Waals surface area contributed by atoms with Gasteiger partial charge in [-0.2, -0.15) is 0 Å². The number of hydrogen-bond acceptors (Lipinski definition) is 2. The Morgan fingerprint density at radius 3 is 2.29 bits per heavy atom. The van der Waals surface area contributed by atoms with E-state index in [-0.39, 0.29) is 5.41 Å². The van der Waals surface area contributed by atoms with Crippen molar-refractivity contribution in [3.8, 4) is 0 Å². The molecule has 0 amide bonds. The van der Waals surface area contributed by atoms with Gasteiger partial charge in [0.25, 0.3) is 0 Å². The highest BCUT2D eigenvalue weighted by Crippen LogP contribution is 2.24. The van der Waals surface area contributed by atoms with E-state index in [0.29, 0.717) is 0 Å². The van der Waals surface area contributed by atoms with E-state index in [1.54, 1.807) is 0 Å². The summed E-state index contributed by atoms with van der Waals surface area (Å²) in [6.07, 6.45) is 0.937. The Hall–Kier alpha value is -0.990. The minimum Gasteiger partial charge on any atom is -0.384 e. The normalized spacial score (nSPS) is 12.1. The molecule has 1 aromatic rings. The molecule has 0 aliphatic rings. The fourth-order valence-electron chi connectivity index (χ4n) is 1.67. The monoisotopic (exact) mass is 195 g/mol. The molecule has 0 spiro atoms. The minimum atomic E-state index is 0.244. The van der Waals surface area contributed by atoms with E-state index in [1.165, 1.54) is 0 Å². The molecule has 0 unspecified atom stereocenters. The van der Waals surface area contributed by atoms with Crippen LogP contribution in [0.1, 0.15) is 39.2 Å². The average Bonchev–Trinajstić information content (AvgIpc) is 2.24. The zero-order valence-electron chi connectivity index (χ0n) is 9.89. The Morgan fingerprint density at radius 2 is 1.93 bits per heavy atom. The van der Waals surface area contributed by atoms with Crippen molar-refractivity contribution in [2.45, 2.75) is 47.6 Å². The van der Waals surface area contributed by atoms with Crippen molar-refractivity contribution in [1.82, 2.24) is 9.55 Å². The number of nitrogens with zero attached hydrogens (tertiary/aromatic N) is 2. The molecule has 1 rings (SSSR count). The molecule has 0 bridgehead atoms. The maximum Gasteiger partial charge on any atom is 0.126 e. The van der Waals surface area contributed by atoms with Crippen molar-refractivity contribution in [3.63, 3.8) is 0 Å². The molecule has 3 nitrogen and oxygen atoms in total. The molecule has 3 heteroatoms. The van der Waals surface area contributed by atoms with Crippen molar-refractivity contribution < 1.29 is 0 Å². The van der Waals surface area contributed by atoms with Crippen molar-refractivity contribution >= 4 is 5.82 Å². The molecule has 0 fully saturated rings. The second-order valence-electron chi connectivity index (χ2n) is 4.97. The standard InChI is InChI=1S/C11H21N3/c1-6-14-8(2)13-9(10(14)12)7-11(3,4)5/h6-7,12H2,1-5H3. The van der Waals surface area contributed by atoms with E-state index in [9.17, 15) is 0 Å². The average molecular weight is 195 g/mol. The molecule has 0 aliphatic heterocycles. The van der Waals surface area contributed by atoms with Crippen LogP contribution in [-0.2, 0) is 13.0 Å². The van der Waals surface area contributed by atoms with Gasteiger partial charge in [-0.25, -0.2) is 4.98 Å². The summed E-state index contributed by atoms with van der Waals surface area (Å²) < 4.78 is 2.06. The molecule has 1 aromatic heterocycles. The molecule has 0 saturated heterocycles. The molecule has 2 N–H and O–H groups in total. The predicted molar refractivity (Wildman–Crippen MR) is 60.2 cm³/mol. The zero-order chi connectivity index (χ0) is 10.9. The smallest absolute Gasteiger partial charge is 0.126 e. The summed E-state index contributed by atoms with van der Waals surface area (Å²) in [7, 11) is 0. The summed E-state index contributed by atoms with van der Waals surface area (Å²) in [5.41, 5.74) is 7.30. The van der Waals surface area contributed by atoms with Gasteiger partial charge in [-0.1, -0.05) is 20.8 Å². The van der Waals surface area contributed by atoms with Crippen LogP contribution in [0, 0.1) is 12.3 Å². The van der Waals surface area contributed by atoms with Crippen LogP contribution in [0.15, 0.2) is 0 Å². The van der Waals surface area contributed by atoms with Crippen LogP contribution < -0.4 is 5.73 Å². The lowest BCUT2D eigenvalue weighted by Crippen LogP contribution is -2.11. The first kappa shape index (κ1) is 11.1. The van der Waals surface area contributed by atoms with Crippen LogP contribution in [0.5, 0.6) is 0 Å². The maximum absolute atomic E-state index is 6.02. The van der Waals surface area contributed by atoms with Crippen LogP contribution in [-0.4, -0.2) is 9.55 Å². The Labute approximate surface area is 86.3 Å². The summed E-state index contributed by atoms with van der Waals surface area (Å²) in [5, 5.41) is 0. The molecule has 0 atom stereocenters. The van der Waals surface area contributed by atoms with Gasteiger partial charge in [-0.05, 0) is 25.7 Å². The van der Waals surface area contributed by atoms with Gasteiger partial charge in [0, 0.05) is 6.54 Å². The van der Waals surface area contributed by atoms with Gasteiger partial charge in [0.15, 0.2) is 0 Å². The van der Waals surface area contributed by atoms with Crippen molar-refractivity contribution in [1.29, 1.82) is 0 Å². The van der Waals surface area contributed by atoms with Gasteiger partial charge in [0.05, 0.1) is 5.69 Å². The molecular weight excluding hydrogens is 174 g/mol. The summed E-state index contributed by atoms with van der Waals surface area (Å²) in [5.74, 6) is 1.85. The summed E-state index contributed by atoms with van der Waals surface area (Å²) in [6.45, 7) is 11.6. The first-order valence-corrected chi connectivity index (χ1v) is 5.16. The third-order valence-electron chi connectivity index (χ3n) is 2.29. The third-order valence-corrected chi connectivity index (χ3v) is 2.29. The lowest BCUT2D eigenvalue weighted by atomic mass is 9.90. The van der Waals surface area contributed by atoms with E-state index < -0.39 is 0 Å². The van der Waals surface area contributed by atoms with Crippen LogP contribution in [0.3, 0.4) is 0 Å². The Balaban J connectivity index is 3.00. The second kappa shape index (κ2) is 3.64. The summed E-state index contributed by atoms with van der Waals surface area (Å²) in [6, 6.07) is 0. The number of hydrogen-bond donors (Lipinski definition) is 1. The molecule has 14 heavy (non-hydrogen) atoms. The number of imidazole rings is 1. The van der Waals surface area contributed by atoms with Crippen molar-refractivity contribution in [2.24, 2.45) is 5.41 Å². The third kappa shape index (κ3) is 2.28. The largest absolute Gasteiger partial charge is 0.384 e. The van der Waals surface area contributed by atoms with Gasteiger partial charge in [-0.3, -0.25) is 0 Å². The second-order valence-corrected chi connectivity index (χ2v) is 4.97. The molecular formula is C11H21N3. The maximum atomic E-state index is 6.02. The van der Waals surface area contributed by atoms with Crippen molar-refractivity contribution in [2.75, 3.05) is 5.73 Å². The van der Waals surface area contributed by atoms with Crippen LogP contribution in [0.2, 0.25) is 0 Å². The number of nitrogens with two attached hydrogens (primary N) is 1. The highest BCUT2D eigenvalue weighted by atomic mass is 15.1. The highest BCUT2D eigenvalue weighted by Gasteiger charge is 2.17. The van der Waals surface area contributed by atoms with E-state index >= 15 is 0 Å². The minimum absolute atomic E-state index is 0.244. The van der Waals surface area contributed by atoms with Crippen LogP contribution >= 0.6 is 0 Å². The quantitative estimate of drug-likeness (QED) is 0.787. The zero-order valence-corrected chi connectivity index (χ0v) is 9.89. The van der Waals surface area contributed by atoms with E-state index in [2.05, 4.69) is 37.2 Å². The van der Waals surface area contributed by atoms with E-state index in [1.807, 2.05) is 6.92 Å². The van der Waals surface area contributed by atoms with E-state index in [4.69, 9.17) is 5.73 Å². The number of aryl methyl sites for hydroxylation is 1. The van der Waals surface area contributed by atoms with Gasteiger partial charge in [0.2, 0.25) is 0 Å². The number of anilines is 1. The van der Waals surface area contributed by atoms with Gasteiger partial charge >= 0.3 is 0 Å². The Bertz CT molecular complexity index is 318. The molecule has 0 aromatic carbocycles. The molecule has 1 heterocycles. The molecule has 0 radical (unpaired) electrons. The van der Waals surface area contributed by atoms with Gasteiger partial charge in [-0.15, -0.1) is 0 Å². The fraction of sp³-hybridized carbons (Fsp3) is 0.727. The van der Waals surface area contributed by atoms with E-state index in [0.717, 1.165) is 30.3 Å². The first-order valence-electron chi connectivity index (χ1n) is 5.16. The SMILES string of the molecule is CCn1c(C)nc(CC(C)(C)C)c1N. The van der Waals surface area contributed by atoms with Gasteiger partial charge < -0.3 is 10.3 Å². The number of aromatic nitrogens is 2. The van der Waals surface area contributed by atoms with Crippen molar-refractivity contribution in [3.05, 3.63) is 11.5 Å². The molecule has 0 aliphatic carbocycles. The Morgan fingerprint density at radius 1 is 1.36 bits per heavy atom. The fourth-order valence-corrected chi connectivity index (χ4v) is 1.67. The number of nitrogen functional groups attached to an aromatic ring is 1.